The number of para-hydroxylation sites is 1. The number of methoxy groups -OCH3 is 1. The number of rotatable bonds is 7. The fourth-order valence-electron chi connectivity index (χ4n) is 2.11. The van der Waals surface area contributed by atoms with Crippen LogP contribution in [-0.4, -0.2) is 27.0 Å². The lowest BCUT2D eigenvalue weighted by molar-refractivity contribution is -0.384. The van der Waals surface area contributed by atoms with Gasteiger partial charge in [0, 0.05) is 30.3 Å². The number of nitro groups is 1. The first kappa shape index (κ1) is 17.9. The van der Waals surface area contributed by atoms with E-state index in [9.17, 15) is 18.5 Å². The minimum absolute atomic E-state index is 0.0420. The third kappa shape index (κ3) is 4.07. The van der Waals surface area contributed by atoms with E-state index in [1.807, 2.05) is 0 Å². The van der Waals surface area contributed by atoms with Crippen molar-refractivity contribution in [2.75, 3.05) is 13.7 Å². The van der Waals surface area contributed by atoms with Crippen LogP contribution >= 0.6 is 0 Å². The monoisotopic (exact) mass is 351 g/mol. The molecule has 0 saturated carbocycles. The van der Waals surface area contributed by atoms with E-state index in [0.717, 1.165) is 12.1 Å². The van der Waals surface area contributed by atoms with Crippen LogP contribution in [0.25, 0.3) is 0 Å². The van der Waals surface area contributed by atoms with Gasteiger partial charge < -0.3 is 10.5 Å². The number of hydrogen-bond acceptors (Lipinski definition) is 6. The number of ether oxygens (including phenoxy) is 1. The van der Waals surface area contributed by atoms with Gasteiger partial charge in [-0.15, -0.1) is 0 Å². The van der Waals surface area contributed by atoms with Gasteiger partial charge in [0.05, 0.1) is 16.9 Å². The van der Waals surface area contributed by atoms with Gasteiger partial charge in [0.25, 0.3) is 5.69 Å². The molecule has 8 nitrogen and oxygen atoms in total. The summed E-state index contributed by atoms with van der Waals surface area (Å²) in [6.45, 7) is -0.0420. The van der Waals surface area contributed by atoms with Crippen molar-refractivity contribution in [3.05, 3.63) is 64.2 Å². The highest BCUT2D eigenvalue weighted by molar-refractivity contribution is 7.89. The number of hydrogen-bond donors (Lipinski definition) is 2. The van der Waals surface area contributed by atoms with Gasteiger partial charge in [-0.25, -0.2) is 13.1 Å². The van der Waals surface area contributed by atoms with Gasteiger partial charge in [0.15, 0.2) is 0 Å². The summed E-state index contributed by atoms with van der Waals surface area (Å²) in [5, 5.41) is 10.6. The first-order valence-corrected chi connectivity index (χ1v) is 8.46. The van der Waals surface area contributed by atoms with E-state index in [-0.39, 0.29) is 17.1 Å². The Morgan fingerprint density at radius 2 is 1.83 bits per heavy atom. The summed E-state index contributed by atoms with van der Waals surface area (Å²) in [5.41, 5.74) is 6.52. The summed E-state index contributed by atoms with van der Waals surface area (Å²) in [6.07, 6.45) is 0. The molecule has 2 aromatic rings. The van der Waals surface area contributed by atoms with Crippen molar-refractivity contribution in [3.8, 4) is 5.75 Å². The minimum Gasteiger partial charge on any atom is -0.496 e. The number of nitrogens with two attached hydrogens (primary N) is 1. The Balaban J connectivity index is 2.10. The second-order valence-corrected chi connectivity index (χ2v) is 6.72. The molecular weight excluding hydrogens is 334 g/mol. The molecule has 0 aliphatic carbocycles. The van der Waals surface area contributed by atoms with E-state index in [1.54, 1.807) is 24.3 Å². The molecule has 0 unspecified atom stereocenters. The fraction of sp³-hybridized carbons (Fsp3) is 0.200. The first-order chi connectivity index (χ1) is 11.3. The Morgan fingerprint density at radius 3 is 2.42 bits per heavy atom. The Morgan fingerprint density at radius 1 is 1.21 bits per heavy atom. The van der Waals surface area contributed by atoms with E-state index in [1.165, 1.54) is 19.2 Å². The molecule has 0 radical (unpaired) electrons. The van der Waals surface area contributed by atoms with Crippen molar-refractivity contribution in [2.45, 2.75) is 10.9 Å². The molecule has 0 spiro atoms. The number of nitrogens with one attached hydrogen (secondary N) is 1. The predicted octanol–water partition coefficient (Wildman–Crippen LogP) is 1.58. The zero-order valence-corrected chi connectivity index (χ0v) is 13.7. The fourth-order valence-corrected chi connectivity index (χ4v) is 3.17. The zero-order valence-electron chi connectivity index (χ0n) is 12.9. The maximum atomic E-state index is 12.2. The second-order valence-electron chi connectivity index (χ2n) is 4.95. The topological polar surface area (TPSA) is 125 Å². The van der Waals surface area contributed by atoms with Crippen molar-refractivity contribution in [2.24, 2.45) is 5.73 Å². The van der Waals surface area contributed by atoms with E-state index in [0.29, 0.717) is 11.3 Å². The summed E-state index contributed by atoms with van der Waals surface area (Å²) in [5.74, 6) is 0.569. The molecule has 2 aromatic carbocycles. The Kier molecular flexibility index (Phi) is 5.50. The van der Waals surface area contributed by atoms with E-state index < -0.39 is 21.0 Å². The molecule has 0 aromatic heterocycles. The molecule has 0 saturated heterocycles. The van der Waals surface area contributed by atoms with Crippen molar-refractivity contribution in [3.63, 3.8) is 0 Å². The standard InChI is InChI=1S/C15H17N3O5S/c1-23-15-5-3-2-4-13(15)14(16)10-17-24(21,22)12-8-6-11(7-9-12)18(19)20/h2-9,14,17H,10,16H2,1H3/t14-/m1/s1. The number of nitro benzene ring substituents is 1. The van der Waals surface area contributed by atoms with Crippen molar-refractivity contribution in [1.29, 1.82) is 0 Å². The van der Waals surface area contributed by atoms with Crippen LogP contribution in [0.3, 0.4) is 0 Å². The lowest BCUT2D eigenvalue weighted by Gasteiger charge is -2.16. The Labute approximate surface area is 139 Å². The van der Waals surface area contributed by atoms with Crippen LogP contribution in [0.4, 0.5) is 5.69 Å². The highest BCUT2D eigenvalue weighted by Gasteiger charge is 2.18. The average molecular weight is 351 g/mol. The highest BCUT2D eigenvalue weighted by atomic mass is 32.2. The third-order valence-corrected chi connectivity index (χ3v) is 4.83. The van der Waals surface area contributed by atoms with Crippen LogP contribution in [0.15, 0.2) is 53.4 Å². The lowest BCUT2D eigenvalue weighted by Crippen LogP contribution is -2.32. The number of nitrogens with zero attached hydrogens (tertiary/aromatic N) is 1. The second kappa shape index (κ2) is 7.39. The van der Waals surface area contributed by atoms with Gasteiger partial charge in [-0.3, -0.25) is 10.1 Å². The molecule has 0 aliphatic rings. The van der Waals surface area contributed by atoms with Gasteiger partial charge in [0.2, 0.25) is 10.0 Å². The molecule has 2 rings (SSSR count). The summed E-state index contributed by atoms with van der Waals surface area (Å²) < 4.78 is 32.1. The quantitative estimate of drug-likeness (QED) is 0.576. The predicted molar refractivity (Wildman–Crippen MR) is 88.2 cm³/mol. The lowest BCUT2D eigenvalue weighted by atomic mass is 10.1. The molecule has 128 valence electrons. The number of non-ortho nitro benzene ring substituents is 1. The van der Waals surface area contributed by atoms with E-state index >= 15 is 0 Å². The maximum Gasteiger partial charge on any atom is 0.269 e. The Hall–Kier alpha value is -2.49. The zero-order chi connectivity index (χ0) is 17.7. The van der Waals surface area contributed by atoms with Crippen molar-refractivity contribution >= 4 is 15.7 Å². The summed E-state index contributed by atoms with van der Waals surface area (Å²) >= 11 is 0. The molecule has 0 bridgehead atoms. The molecule has 0 aliphatic heterocycles. The van der Waals surface area contributed by atoms with Crippen molar-refractivity contribution < 1.29 is 18.1 Å². The van der Waals surface area contributed by atoms with E-state index in [4.69, 9.17) is 10.5 Å². The van der Waals surface area contributed by atoms with Crippen LogP contribution in [0.2, 0.25) is 0 Å². The number of benzene rings is 2. The molecule has 3 N–H and O–H groups in total. The first-order valence-electron chi connectivity index (χ1n) is 6.98. The van der Waals surface area contributed by atoms with Gasteiger partial charge >= 0.3 is 0 Å². The smallest absolute Gasteiger partial charge is 0.269 e. The van der Waals surface area contributed by atoms with Crippen LogP contribution in [-0.2, 0) is 10.0 Å². The molecule has 1 atom stereocenters. The molecule has 24 heavy (non-hydrogen) atoms. The van der Waals surface area contributed by atoms with Gasteiger partial charge in [0.1, 0.15) is 5.75 Å². The number of sulfonamides is 1. The molecule has 0 fully saturated rings. The summed E-state index contributed by atoms with van der Waals surface area (Å²) in [7, 11) is -2.31. The highest BCUT2D eigenvalue weighted by Crippen LogP contribution is 2.23. The Bertz CT molecular complexity index is 821. The SMILES string of the molecule is COc1ccccc1[C@H](N)CNS(=O)(=O)c1ccc([N+](=O)[O-])cc1. The minimum atomic E-state index is -3.82. The normalized spacial score (nSPS) is 12.6. The molecule has 0 amide bonds. The summed E-state index contributed by atoms with van der Waals surface area (Å²) in [4.78, 5) is 9.94. The maximum absolute atomic E-state index is 12.2. The average Bonchev–Trinajstić information content (AvgIpc) is 2.59. The van der Waals surface area contributed by atoms with Crippen LogP contribution in [0.5, 0.6) is 5.75 Å². The van der Waals surface area contributed by atoms with Crippen LogP contribution in [0, 0.1) is 10.1 Å². The summed E-state index contributed by atoms with van der Waals surface area (Å²) in [6, 6.07) is 11.1. The van der Waals surface area contributed by atoms with Gasteiger partial charge in [-0.05, 0) is 18.2 Å². The van der Waals surface area contributed by atoms with Gasteiger partial charge in [-0.2, -0.15) is 0 Å². The third-order valence-electron chi connectivity index (χ3n) is 3.39. The van der Waals surface area contributed by atoms with Crippen molar-refractivity contribution in [1.82, 2.24) is 4.72 Å². The molecule has 9 heteroatoms. The van der Waals surface area contributed by atoms with Crippen LogP contribution in [0.1, 0.15) is 11.6 Å². The molecular formula is C15H17N3O5S. The largest absolute Gasteiger partial charge is 0.496 e. The van der Waals surface area contributed by atoms with Gasteiger partial charge in [-0.1, -0.05) is 18.2 Å². The molecule has 0 heterocycles. The van der Waals surface area contributed by atoms with Crippen LogP contribution < -0.4 is 15.2 Å². The van der Waals surface area contributed by atoms with E-state index in [2.05, 4.69) is 4.72 Å².